The molecule has 1 atom stereocenters. The zero-order chi connectivity index (χ0) is 16.3. The quantitative estimate of drug-likeness (QED) is 0.832. The lowest BCUT2D eigenvalue weighted by atomic mass is 10.2. The zero-order valence-electron chi connectivity index (χ0n) is 13.4. The van der Waals surface area contributed by atoms with Gasteiger partial charge in [-0.15, -0.1) is 0 Å². The van der Waals surface area contributed by atoms with Crippen LogP contribution in [0.2, 0.25) is 0 Å². The Bertz CT molecular complexity index is 732. The van der Waals surface area contributed by atoms with Crippen molar-refractivity contribution < 1.29 is 8.42 Å². The average Bonchev–Trinajstić information content (AvgIpc) is 3.03. The van der Waals surface area contributed by atoms with Crippen molar-refractivity contribution in [2.75, 3.05) is 6.54 Å². The Morgan fingerprint density at radius 1 is 1.36 bits per heavy atom. The van der Waals surface area contributed by atoms with Gasteiger partial charge in [0.25, 0.3) is 0 Å². The summed E-state index contributed by atoms with van der Waals surface area (Å²) in [6, 6.07) is 1.93. The molecule has 1 N–H and O–H groups in total. The summed E-state index contributed by atoms with van der Waals surface area (Å²) in [5.41, 5.74) is 1.58. The van der Waals surface area contributed by atoms with Crippen LogP contribution in [-0.2, 0) is 23.1 Å². The first kappa shape index (κ1) is 16.7. The van der Waals surface area contributed by atoms with Crippen LogP contribution in [-0.4, -0.2) is 34.5 Å². The summed E-state index contributed by atoms with van der Waals surface area (Å²) < 4.78 is 30.9. The highest BCUT2D eigenvalue weighted by atomic mass is 32.2. The minimum absolute atomic E-state index is 0.134. The van der Waals surface area contributed by atoms with Gasteiger partial charge in [-0.1, -0.05) is 6.92 Å². The van der Waals surface area contributed by atoms with E-state index in [4.69, 9.17) is 0 Å². The summed E-state index contributed by atoms with van der Waals surface area (Å²) in [6.45, 7) is 9.28. The molecule has 0 bridgehead atoms. The van der Waals surface area contributed by atoms with E-state index >= 15 is 0 Å². The molecule has 1 unspecified atom stereocenters. The summed E-state index contributed by atoms with van der Waals surface area (Å²) in [4.78, 5) is 0.247. The Morgan fingerprint density at radius 2 is 2.09 bits per heavy atom. The van der Waals surface area contributed by atoms with Crippen molar-refractivity contribution in [3.8, 4) is 0 Å². The first-order valence-electron chi connectivity index (χ1n) is 7.35. The summed E-state index contributed by atoms with van der Waals surface area (Å²) >= 11 is 0. The second-order valence-corrected chi connectivity index (χ2v) is 7.28. The zero-order valence-corrected chi connectivity index (χ0v) is 14.3. The van der Waals surface area contributed by atoms with Crippen LogP contribution in [0.4, 0.5) is 0 Å². The molecular formula is C14H23N5O2S. The molecule has 22 heavy (non-hydrogen) atoms. The lowest BCUT2D eigenvalue weighted by Crippen LogP contribution is -2.30. The third kappa shape index (κ3) is 3.75. The third-order valence-electron chi connectivity index (χ3n) is 3.55. The number of nitrogens with zero attached hydrogens (tertiary/aromatic N) is 4. The van der Waals surface area contributed by atoms with Crippen molar-refractivity contribution in [1.82, 2.24) is 24.3 Å². The molecule has 0 fully saturated rings. The van der Waals surface area contributed by atoms with Crippen LogP contribution >= 0.6 is 0 Å². The molecule has 8 heteroatoms. The smallest absolute Gasteiger partial charge is 0.243 e. The second kappa shape index (κ2) is 6.62. The highest BCUT2D eigenvalue weighted by Crippen LogP contribution is 2.13. The van der Waals surface area contributed by atoms with Crippen LogP contribution in [0.25, 0.3) is 0 Å². The number of aryl methyl sites for hydroxylation is 3. The van der Waals surface area contributed by atoms with Crippen molar-refractivity contribution in [1.29, 1.82) is 0 Å². The van der Waals surface area contributed by atoms with E-state index in [1.165, 1.54) is 0 Å². The third-order valence-corrected chi connectivity index (χ3v) is 5.08. The van der Waals surface area contributed by atoms with Crippen LogP contribution in [0.5, 0.6) is 0 Å². The van der Waals surface area contributed by atoms with Gasteiger partial charge >= 0.3 is 0 Å². The highest BCUT2D eigenvalue weighted by molar-refractivity contribution is 7.89. The summed E-state index contributed by atoms with van der Waals surface area (Å²) in [6.07, 6.45) is 3.31. The molecule has 0 aliphatic heterocycles. The van der Waals surface area contributed by atoms with Gasteiger partial charge in [-0.2, -0.15) is 10.2 Å². The molecule has 0 aliphatic carbocycles. The Balaban J connectivity index is 2.00. The van der Waals surface area contributed by atoms with E-state index in [9.17, 15) is 8.42 Å². The van der Waals surface area contributed by atoms with Gasteiger partial charge in [-0.25, -0.2) is 13.1 Å². The Labute approximate surface area is 131 Å². The fourth-order valence-electron chi connectivity index (χ4n) is 2.20. The van der Waals surface area contributed by atoms with Crippen molar-refractivity contribution in [2.24, 2.45) is 5.92 Å². The van der Waals surface area contributed by atoms with Crippen molar-refractivity contribution in [3.63, 3.8) is 0 Å². The van der Waals surface area contributed by atoms with Crippen molar-refractivity contribution >= 4 is 10.0 Å². The molecule has 0 aromatic carbocycles. The standard InChI is InChI=1S/C14H23N5O2S/c1-5-18-10-14(13(4)17-18)22(20,21)16-8-11(2)9-19-12(3)6-7-15-19/h6-7,10-11,16H,5,8-9H2,1-4H3. The predicted octanol–water partition coefficient (Wildman–Crippen LogP) is 1.33. The number of aromatic nitrogens is 4. The first-order chi connectivity index (χ1) is 10.3. The van der Waals surface area contributed by atoms with Gasteiger partial charge in [0.2, 0.25) is 10.0 Å². The van der Waals surface area contributed by atoms with Crippen LogP contribution in [0.1, 0.15) is 25.2 Å². The summed E-state index contributed by atoms with van der Waals surface area (Å²) in [5, 5.41) is 8.39. The number of nitrogens with one attached hydrogen (secondary N) is 1. The van der Waals surface area contributed by atoms with Gasteiger partial charge in [0.05, 0.1) is 5.69 Å². The summed E-state index contributed by atoms with van der Waals surface area (Å²) in [5.74, 6) is 0.134. The van der Waals surface area contributed by atoms with Crippen LogP contribution in [0.3, 0.4) is 0 Å². The molecule has 2 heterocycles. The van der Waals surface area contributed by atoms with Gasteiger partial charge in [0, 0.05) is 37.7 Å². The molecule has 0 saturated heterocycles. The minimum atomic E-state index is -3.53. The van der Waals surface area contributed by atoms with E-state index in [-0.39, 0.29) is 10.8 Å². The predicted molar refractivity (Wildman–Crippen MR) is 84.0 cm³/mol. The van der Waals surface area contributed by atoms with Crippen molar-refractivity contribution in [3.05, 3.63) is 29.8 Å². The van der Waals surface area contributed by atoms with Gasteiger partial charge in [-0.05, 0) is 32.8 Å². The molecule has 0 aliphatic rings. The van der Waals surface area contributed by atoms with E-state index in [1.807, 2.05) is 31.5 Å². The van der Waals surface area contributed by atoms with E-state index < -0.39 is 10.0 Å². The maximum absolute atomic E-state index is 12.4. The molecule has 0 amide bonds. The average molecular weight is 325 g/mol. The fourth-order valence-corrected chi connectivity index (χ4v) is 3.55. The van der Waals surface area contributed by atoms with E-state index in [0.717, 1.165) is 5.69 Å². The number of hydrogen-bond acceptors (Lipinski definition) is 4. The highest BCUT2D eigenvalue weighted by Gasteiger charge is 2.20. The lowest BCUT2D eigenvalue weighted by molar-refractivity contribution is 0.437. The molecule has 0 saturated carbocycles. The van der Waals surface area contributed by atoms with E-state index in [1.54, 1.807) is 24.0 Å². The number of rotatable bonds is 7. The maximum atomic E-state index is 12.4. The number of hydrogen-bond donors (Lipinski definition) is 1. The number of sulfonamides is 1. The maximum Gasteiger partial charge on any atom is 0.243 e. The Morgan fingerprint density at radius 3 is 2.64 bits per heavy atom. The van der Waals surface area contributed by atoms with Gasteiger partial charge in [-0.3, -0.25) is 9.36 Å². The van der Waals surface area contributed by atoms with Crippen LogP contribution in [0, 0.1) is 19.8 Å². The molecule has 2 rings (SSSR count). The fraction of sp³-hybridized carbons (Fsp3) is 0.571. The van der Waals surface area contributed by atoms with Gasteiger partial charge in [0.15, 0.2) is 0 Å². The van der Waals surface area contributed by atoms with Crippen LogP contribution < -0.4 is 4.72 Å². The Hall–Kier alpha value is -1.67. The minimum Gasteiger partial charge on any atom is -0.271 e. The normalized spacial score (nSPS) is 13.5. The molecule has 2 aromatic rings. The molecule has 122 valence electrons. The molecule has 0 radical (unpaired) electrons. The second-order valence-electron chi connectivity index (χ2n) is 5.55. The Kier molecular flexibility index (Phi) is 5.02. The molecule has 7 nitrogen and oxygen atoms in total. The van der Waals surface area contributed by atoms with E-state index in [0.29, 0.717) is 25.3 Å². The lowest BCUT2D eigenvalue weighted by Gasteiger charge is -2.14. The topological polar surface area (TPSA) is 81.8 Å². The first-order valence-corrected chi connectivity index (χ1v) is 8.84. The molecule has 2 aromatic heterocycles. The van der Waals surface area contributed by atoms with E-state index in [2.05, 4.69) is 14.9 Å². The molecule has 0 spiro atoms. The van der Waals surface area contributed by atoms with Gasteiger partial charge in [0.1, 0.15) is 4.90 Å². The molecular weight excluding hydrogens is 302 g/mol. The monoisotopic (exact) mass is 325 g/mol. The van der Waals surface area contributed by atoms with Gasteiger partial charge < -0.3 is 0 Å². The van der Waals surface area contributed by atoms with Crippen LogP contribution in [0.15, 0.2) is 23.4 Å². The largest absolute Gasteiger partial charge is 0.271 e. The SMILES string of the molecule is CCn1cc(S(=O)(=O)NCC(C)Cn2nccc2C)c(C)n1. The van der Waals surface area contributed by atoms with Crippen molar-refractivity contribution in [2.45, 2.75) is 45.7 Å². The summed E-state index contributed by atoms with van der Waals surface area (Å²) in [7, 11) is -3.53.